The first kappa shape index (κ1) is 38.3. The Morgan fingerprint density at radius 1 is 0.707 bits per heavy atom. The number of ether oxygens (including phenoxy) is 2. The van der Waals surface area contributed by atoms with E-state index in [4.69, 9.17) is 30.9 Å². The lowest BCUT2D eigenvalue weighted by molar-refractivity contribution is -0.538. The first-order valence-corrected chi connectivity index (χ1v) is 20.3. The van der Waals surface area contributed by atoms with Crippen LogP contribution in [0.25, 0.3) is 27.8 Å². The average Bonchev–Trinajstić information content (AvgIpc) is 3.23. The smallest absolute Gasteiger partial charge is 0.239 e. The highest BCUT2D eigenvalue weighted by molar-refractivity contribution is 6.11. The summed E-state index contributed by atoms with van der Waals surface area (Å²) in [6.07, 6.45) is 11.6. The fourth-order valence-electron chi connectivity index (χ4n) is 8.15. The number of hydrogen-bond acceptors (Lipinski definition) is 9. The third-order valence-electron chi connectivity index (χ3n) is 11.2. The maximum atomic E-state index is 6.39. The molecule has 8 rings (SSSR count). The minimum atomic E-state index is -0.0499. The topological polar surface area (TPSA) is 127 Å². The van der Waals surface area contributed by atoms with Gasteiger partial charge in [0, 0.05) is 66.6 Å². The Hall–Kier alpha value is -6.55. The monoisotopic (exact) mass is 773 g/mol. The number of fused-ring (bicyclic) bond motifs is 4. The van der Waals surface area contributed by atoms with Crippen molar-refractivity contribution < 1.29 is 14.0 Å². The zero-order valence-corrected chi connectivity index (χ0v) is 33.9. The number of hydrogen-bond donors (Lipinski definition) is 4. The Bertz CT molecular complexity index is 2550. The van der Waals surface area contributed by atoms with E-state index in [1.807, 2.05) is 36.4 Å². The molecule has 6 N–H and O–H groups in total. The zero-order chi connectivity index (χ0) is 40.2. The average molecular weight is 774 g/mol. The molecule has 1 unspecified atom stereocenters. The van der Waals surface area contributed by atoms with Crippen molar-refractivity contribution in [2.24, 2.45) is 4.99 Å². The number of rotatable bonds is 15. The molecule has 1 aliphatic heterocycles. The lowest BCUT2D eigenvalue weighted by Gasteiger charge is -2.38. The molecule has 0 fully saturated rings. The van der Waals surface area contributed by atoms with Crippen LogP contribution in [0.1, 0.15) is 51.0 Å². The Morgan fingerprint density at radius 2 is 1.33 bits per heavy atom. The van der Waals surface area contributed by atoms with E-state index in [2.05, 4.69) is 107 Å². The molecule has 0 saturated heterocycles. The second kappa shape index (κ2) is 16.9. The van der Waals surface area contributed by atoms with E-state index in [0.29, 0.717) is 22.9 Å². The van der Waals surface area contributed by atoms with Crippen LogP contribution in [-0.2, 0) is 0 Å². The Labute approximate surface area is 340 Å². The molecule has 1 aromatic heterocycles. The zero-order valence-electron chi connectivity index (χ0n) is 33.9. The van der Waals surface area contributed by atoms with Crippen molar-refractivity contribution in [2.45, 2.75) is 58.4 Å². The molecular weight excluding hydrogens is 721 g/mol. The summed E-state index contributed by atoms with van der Waals surface area (Å²) in [7, 11) is 3.27. The van der Waals surface area contributed by atoms with Gasteiger partial charge in [-0.25, -0.2) is 9.98 Å². The molecule has 10 heteroatoms. The third-order valence-corrected chi connectivity index (χ3v) is 11.2. The summed E-state index contributed by atoms with van der Waals surface area (Å²) in [6.45, 7) is 6.15. The SMILES string of the molecule is COc1cc2c(cc1N)N(c1ccccc1)C1C=C(NCCCCCCCCNc3cc4c(cc3C)nc3cc(OC)c(N)cc3[n+]4-c3ccccc3)C(C)=CC1=N2. The highest BCUT2D eigenvalue weighted by atomic mass is 16.5. The molecule has 0 radical (unpaired) electrons. The molecule has 1 aliphatic carbocycles. The van der Waals surface area contributed by atoms with Crippen molar-refractivity contribution in [2.75, 3.05) is 49.0 Å². The van der Waals surface area contributed by atoms with Gasteiger partial charge in [0.2, 0.25) is 16.7 Å². The van der Waals surface area contributed by atoms with Gasteiger partial charge in [0.25, 0.3) is 0 Å². The fourth-order valence-corrected chi connectivity index (χ4v) is 8.15. The number of para-hydroxylation sites is 2. The summed E-state index contributed by atoms with van der Waals surface area (Å²) in [4.78, 5) is 12.4. The number of nitrogens with two attached hydrogens (primary N) is 2. The van der Waals surface area contributed by atoms with Gasteiger partial charge in [0.15, 0.2) is 0 Å². The number of aromatic nitrogens is 2. The molecule has 0 spiro atoms. The van der Waals surface area contributed by atoms with E-state index < -0.39 is 0 Å². The molecule has 1 atom stereocenters. The second-order valence-electron chi connectivity index (χ2n) is 15.2. The number of benzene rings is 5. The molecule has 6 aromatic rings. The van der Waals surface area contributed by atoms with E-state index in [0.717, 1.165) is 87.8 Å². The molecule has 296 valence electrons. The first-order chi connectivity index (χ1) is 28.3. The van der Waals surface area contributed by atoms with Crippen molar-refractivity contribution in [3.63, 3.8) is 0 Å². The van der Waals surface area contributed by atoms with Gasteiger partial charge in [0.05, 0.1) is 48.7 Å². The number of anilines is 5. The van der Waals surface area contributed by atoms with Gasteiger partial charge in [0.1, 0.15) is 22.5 Å². The number of nitrogens with zero attached hydrogens (tertiary/aromatic N) is 4. The van der Waals surface area contributed by atoms with E-state index >= 15 is 0 Å². The van der Waals surface area contributed by atoms with Crippen molar-refractivity contribution in [3.8, 4) is 17.2 Å². The van der Waals surface area contributed by atoms with E-state index in [1.54, 1.807) is 14.2 Å². The Kier molecular flexibility index (Phi) is 11.2. The van der Waals surface area contributed by atoms with Crippen LogP contribution >= 0.6 is 0 Å². The van der Waals surface area contributed by atoms with Gasteiger partial charge < -0.3 is 36.5 Å². The van der Waals surface area contributed by atoms with Gasteiger partial charge in [-0.2, -0.15) is 0 Å². The molecule has 0 bridgehead atoms. The summed E-state index contributed by atoms with van der Waals surface area (Å²) in [5.41, 5.74) is 27.3. The number of nitrogens with one attached hydrogen (secondary N) is 2. The van der Waals surface area contributed by atoms with E-state index in [1.165, 1.54) is 36.8 Å². The Morgan fingerprint density at radius 3 is 2.05 bits per heavy atom. The molecule has 2 aliphatic rings. The van der Waals surface area contributed by atoms with Crippen LogP contribution in [0.2, 0.25) is 0 Å². The number of allylic oxidation sites excluding steroid dienone is 1. The third kappa shape index (κ3) is 7.74. The molecule has 10 nitrogen and oxygen atoms in total. The van der Waals surface area contributed by atoms with Crippen molar-refractivity contribution in [1.82, 2.24) is 10.3 Å². The summed E-state index contributed by atoms with van der Waals surface area (Å²) in [5, 5.41) is 7.48. The summed E-state index contributed by atoms with van der Waals surface area (Å²) < 4.78 is 13.3. The summed E-state index contributed by atoms with van der Waals surface area (Å²) in [5.74, 6) is 1.26. The quantitative estimate of drug-likeness (QED) is 0.0352. The normalized spacial score (nSPS) is 14.7. The van der Waals surface area contributed by atoms with Crippen molar-refractivity contribution in [3.05, 3.63) is 126 Å². The number of methoxy groups -OCH3 is 2. The van der Waals surface area contributed by atoms with Gasteiger partial charge >= 0.3 is 0 Å². The van der Waals surface area contributed by atoms with Gasteiger partial charge in [-0.1, -0.05) is 62.1 Å². The highest BCUT2D eigenvalue weighted by Gasteiger charge is 2.33. The molecule has 5 aromatic carbocycles. The molecule has 2 heterocycles. The number of aliphatic imine (C=N–C) groups is 1. The van der Waals surface area contributed by atoms with Crippen LogP contribution in [0.5, 0.6) is 11.5 Å². The Balaban J connectivity index is 0.847. The van der Waals surface area contributed by atoms with E-state index in [9.17, 15) is 0 Å². The van der Waals surface area contributed by atoms with Crippen molar-refractivity contribution >= 4 is 61.9 Å². The maximum Gasteiger partial charge on any atom is 0.239 e. The lowest BCUT2D eigenvalue weighted by atomic mass is 9.94. The van der Waals surface area contributed by atoms with Gasteiger partial charge in [-0.05, 0) is 74.2 Å². The standard InChI is InChI=1S/C48H52N8O2/c1-31-23-39-45(55(33-17-11-9-12-18-33)43-25-35(49)47(57-3)29-41(43)53-39)27-37(31)51-21-15-7-5-6-8-16-22-52-38-28-46-40(24-32(38)2)54-42-30-48(58-4)36(50)26-44(42)56(46)34-19-13-10-14-20-34/h9-14,17-20,23-30,45,51H,5-8,15-16,21-22,49H2,1-4H3,(H2,50,52)/p+1. The predicted octanol–water partition coefficient (Wildman–Crippen LogP) is 9.63. The van der Waals surface area contributed by atoms with Crippen LogP contribution in [0.3, 0.4) is 0 Å². The van der Waals surface area contributed by atoms with Crippen LogP contribution < -0.4 is 41.0 Å². The molecule has 58 heavy (non-hydrogen) atoms. The lowest BCUT2D eigenvalue weighted by Crippen LogP contribution is -2.41. The van der Waals surface area contributed by atoms with Crippen LogP contribution in [0.15, 0.2) is 125 Å². The van der Waals surface area contributed by atoms with Crippen LogP contribution in [0, 0.1) is 6.92 Å². The fraction of sp³-hybridized carbons (Fsp3) is 0.271. The summed E-state index contributed by atoms with van der Waals surface area (Å²) in [6, 6.07) is 32.9. The molecule has 0 saturated carbocycles. The van der Waals surface area contributed by atoms with Gasteiger partial charge in [-0.3, -0.25) is 0 Å². The van der Waals surface area contributed by atoms with Gasteiger partial charge in [-0.15, -0.1) is 4.57 Å². The maximum absolute atomic E-state index is 6.39. The number of unbranched alkanes of at least 4 members (excludes halogenated alkanes) is 5. The second-order valence-corrected chi connectivity index (χ2v) is 15.2. The largest absolute Gasteiger partial charge is 0.495 e. The highest BCUT2D eigenvalue weighted by Crippen LogP contribution is 2.45. The number of nitrogen functional groups attached to an aromatic ring is 2. The van der Waals surface area contributed by atoms with E-state index in [-0.39, 0.29) is 6.04 Å². The number of aryl methyl sites for hydroxylation is 1. The minimum Gasteiger partial charge on any atom is -0.495 e. The predicted molar refractivity (Wildman–Crippen MR) is 239 cm³/mol. The molecular formula is C48H53N8O2+. The van der Waals surface area contributed by atoms with Crippen molar-refractivity contribution in [1.29, 1.82) is 0 Å². The van der Waals surface area contributed by atoms with Crippen LogP contribution in [0.4, 0.5) is 34.1 Å². The van der Waals surface area contributed by atoms with Crippen LogP contribution in [-0.4, -0.2) is 44.0 Å². The summed E-state index contributed by atoms with van der Waals surface area (Å²) >= 11 is 0. The first-order valence-electron chi connectivity index (χ1n) is 20.3. The minimum absolute atomic E-state index is 0.0499. The molecule has 0 amide bonds.